The molecule has 3 heterocycles. The van der Waals surface area contributed by atoms with Gasteiger partial charge in [-0.25, -0.2) is 4.68 Å². The van der Waals surface area contributed by atoms with Crippen LogP contribution in [0.3, 0.4) is 0 Å². The van der Waals surface area contributed by atoms with Gasteiger partial charge in [0.15, 0.2) is 0 Å². The van der Waals surface area contributed by atoms with Crippen LogP contribution in [0.1, 0.15) is 37.9 Å². The quantitative estimate of drug-likeness (QED) is 0.872. The van der Waals surface area contributed by atoms with Crippen LogP contribution in [-0.4, -0.2) is 39.8 Å². The number of hydrogen-bond acceptors (Lipinski definition) is 3. The van der Waals surface area contributed by atoms with Gasteiger partial charge in [-0.1, -0.05) is 18.2 Å². The van der Waals surface area contributed by atoms with E-state index in [0.717, 1.165) is 37.1 Å². The Bertz CT molecular complexity index is 712. The van der Waals surface area contributed by atoms with Crippen LogP contribution in [0.2, 0.25) is 0 Å². The van der Waals surface area contributed by atoms with Crippen molar-refractivity contribution in [3.8, 4) is 5.69 Å². The fourth-order valence-corrected chi connectivity index (χ4v) is 3.85. The summed E-state index contributed by atoms with van der Waals surface area (Å²) in [6.07, 6.45) is 6.65. The zero-order chi connectivity index (χ0) is 16.5. The molecular weight excluding hydrogens is 302 g/mol. The van der Waals surface area contributed by atoms with E-state index in [4.69, 9.17) is 4.74 Å². The summed E-state index contributed by atoms with van der Waals surface area (Å²) in [5.74, 6) is 0.161. The number of carbonyl (C=O) groups is 1. The van der Waals surface area contributed by atoms with E-state index in [0.29, 0.717) is 12.6 Å². The van der Waals surface area contributed by atoms with Gasteiger partial charge in [0, 0.05) is 31.0 Å². The van der Waals surface area contributed by atoms with E-state index >= 15 is 0 Å². The predicted octanol–water partition coefficient (Wildman–Crippen LogP) is 2.96. The first-order valence-corrected chi connectivity index (χ1v) is 8.76. The molecule has 0 spiro atoms. The number of aromatic nitrogens is 2. The Balaban J connectivity index is 1.55. The Labute approximate surface area is 142 Å². The molecule has 0 N–H and O–H groups in total. The molecule has 2 aliphatic heterocycles. The SMILES string of the molecule is C[C@H]1CCCN1C(=O)[C@H]1CCO[C@@H]1c1cnn(-c2ccccc2)c1. The standard InChI is InChI=1S/C19H23N3O2/c1-14-6-5-10-21(14)19(23)17-9-11-24-18(17)15-12-20-22(13-15)16-7-3-2-4-8-16/h2-4,7-8,12-14,17-18H,5-6,9-11H2,1H3/t14-,17-,18+/m0/s1. The zero-order valence-electron chi connectivity index (χ0n) is 14.0. The lowest BCUT2D eigenvalue weighted by Crippen LogP contribution is -2.39. The summed E-state index contributed by atoms with van der Waals surface area (Å²) >= 11 is 0. The molecule has 5 nitrogen and oxygen atoms in total. The highest BCUT2D eigenvalue weighted by Gasteiger charge is 2.40. The highest BCUT2D eigenvalue weighted by atomic mass is 16.5. The van der Waals surface area contributed by atoms with Crippen LogP contribution in [0.4, 0.5) is 0 Å². The van der Waals surface area contributed by atoms with Crippen LogP contribution in [0.25, 0.3) is 5.69 Å². The van der Waals surface area contributed by atoms with Crippen molar-refractivity contribution in [2.45, 2.75) is 38.3 Å². The first-order chi connectivity index (χ1) is 11.7. The second-order valence-electron chi connectivity index (χ2n) is 6.76. The predicted molar refractivity (Wildman–Crippen MR) is 90.8 cm³/mol. The number of amides is 1. The number of hydrogen-bond donors (Lipinski definition) is 0. The van der Waals surface area contributed by atoms with Gasteiger partial charge in [0.2, 0.25) is 5.91 Å². The van der Waals surface area contributed by atoms with Gasteiger partial charge in [-0.05, 0) is 38.3 Å². The van der Waals surface area contributed by atoms with E-state index in [9.17, 15) is 4.79 Å². The number of likely N-dealkylation sites (tertiary alicyclic amines) is 1. The lowest BCUT2D eigenvalue weighted by molar-refractivity contribution is -0.138. The van der Waals surface area contributed by atoms with Crippen LogP contribution in [0.5, 0.6) is 0 Å². The van der Waals surface area contributed by atoms with E-state index in [1.807, 2.05) is 52.3 Å². The zero-order valence-corrected chi connectivity index (χ0v) is 14.0. The number of ether oxygens (including phenoxy) is 1. The minimum Gasteiger partial charge on any atom is -0.373 e. The second-order valence-corrected chi connectivity index (χ2v) is 6.76. The van der Waals surface area contributed by atoms with Crippen LogP contribution in [-0.2, 0) is 9.53 Å². The molecule has 0 aliphatic carbocycles. The van der Waals surface area contributed by atoms with Gasteiger partial charge in [0.1, 0.15) is 0 Å². The van der Waals surface area contributed by atoms with Gasteiger partial charge in [-0.2, -0.15) is 5.10 Å². The van der Waals surface area contributed by atoms with Gasteiger partial charge in [-0.15, -0.1) is 0 Å². The van der Waals surface area contributed by atoms with E-state index < -0.39 is 0 Å². The molecule has 126 valence electrons. The van der Waals surface area contributed by atoms with Gasteiger partial charge >= 0.3 is 0 Å². The van der Waals surface area contributed by atoms with Crippen molar-refractivity contribution < 1.29 is 9.53 Å². The molecule has 2 aliphatic rings. The number of rotatable bonds is 3. The molecule has 0 bridgehead atoms. The van der Waals surface area contributed by atoms with Crippen molar-refractivity contribution >= 4 is 5.91 Å². The third kappa shape index (κ3) is 2.73. The van der Waals surface area contributed by atoms with Crippen LogP contribution in [0, 0.1) is 5.92 Å². The van der Waals surface area contributed by atoms with Crippen molar-refractivity contribution in [3.05, 3.63) is 48.3 Å². The fraction of sp³-hybridized carbons (Fsp3) is 0.474. The average Bonchev–Trinajstić information content (AvgIpc) is 3.35. The lowest BCUT2D eigenvalue weighted by atomic mass is 9.95. The Hall–Kier alpha value is -2.14. The first-order valence-electron chi connectivity index (χ1n) is 8.76. The summed E-state index contributed by atoms with van der Waals surface area (Å²) in [5.41, 5.74) is 2.00. The lowest BCUT2D eigenvalue weighted by Gasteiger charge is -2.26. The van der Waals surface area contributed by atoms with E-state index in [1.165, 1.54) is 0 Å². The first kappa shape index (κ1) is 15.4. The van der Waals surface area contributed by atoms with E-state index in [-0.39, 0.29) is 17.9 Å². The Morgan fingerprint density at radius 3 is 2.83 bits per heavy atom. The van der Waals surface area contributed by atoms with Crippen LogP contribution < -0.4 is 0 Å². The van der Waals surface area contributed by atoms with Crippen molar-refractivity contribution in [1.82, 2.24) is 14.7 Å². The maximum atomic E-state index is 12.9. The van der Waals surface area contributed by atoms with Crippen molar-refractivity contribution in [2.75, 3.05) is 13.2 Å². The summed E-state index contributed by atoms with van der Waals surface area (Å²) < 4.78 is 7.76. The third-order valence-corrected chi connectivity index (χ3v) is 5.20. The molecular formula is C19H23N3O2. The molecule has 2 aromatic rings. The summed E-state index contributed by atoms with van der Waals surface area (Å²) in [5, 5.41) is 4.45. The van der Waals surface area contributed by atoms with Gasteiger partial charge in [0.25, 0.3) is 0 Å². The number of para-hydroxylation sites is 1. The number of carbonyl (C=O) groups excluding carboxylic acids is 1. The summed E-state index contributed by atoms with van der Waals surface area (Å²) in [6.45, 7) is 3.66. The van der Waals surface area contributed by atoms with Gasteiger partial charge in [0.05, 0.1) is 23.9 Å². The average molecular weight is 325 g/mol. The highest BCUT2D eigenvalue weighted by molar-refractivity contribution is 5.80. The Morgan fingerprint density at radius 2 is 2.08 bits per heavy atom. The molecule has 0 radical (unpaired) electrons. The molecule has 0 saturated carbocycles. The highest BCUT2D eigenvalue weighted by Crippen LogP contribution is 2.37. The number of benzene rings is 1. The van der Waals surface area contributed by atoms with E-state index in [1.54, 1.807) is 0 Å². The molecule has 0 unspecified atom stereocenters. The minimum absolute atomic E-state index is 0.0843. The summed E-state index contributed by atoms with van der Waals surface area (Å²) in [6, 6.07) is 10.3. The molecule has 2 fully saturated rings. The van der Waals surface area contributed by atoms with Crippen molar-refractivity contribution in [1.29, 1.82) is 0 Å². The summed E-state index contributed by atoms with van der Waals surface area (Å²) in [7, 11) is 0. The minimum atomic E-state index is -0.178. The summed E-state index contributed by atoms with van der Waals surface area (Å²) in [4.78, 5) is 15.0. The molecule has 1 aromatic carbocycles. The molecule has 1 aromatic heterocycles. The van der Waals surface area contributed by atoms with Crippen molar-refractivity contribution in [2.24, 2.45) is 5.92 Å². The fourth-order valence-electron chi connectivity index (χ4n) is 3.85. The Morgan fingerprint density at radius 1 is 1.25 bits per heavy atom. The van der Waals surface area contributed by atoms with Gasteiger partial charge in [-0.3, -0.25) is 4.79 Å². The van der Waals surface area contributed by atoms with Gasteiger partial charge < -0.3 is 9.64 Å². The largest absolute Gasteiger partial charge is 0.373 e. The Kier molecular flexibility index (Phi) is 4.10. The monoisotopic (exact) mass is 325 g/mol. The van der Waals surface area contributed by atoms with Crippen molar-refractivity contribution in [3.63, 3.8) is 0 Å². The molecule has 5 heteroatoms. The molecule has 4 rings (SSSR count). The number of nitrogens with zero attached hydrogens (tertiary/aromatic N) is 3. The molecule has 2 saturated heterocycles. The van der Waals surface area contributed by atoms with Crippen LogP contribution >= 0.6 is 0 Å². The molecule has 24 heavy (non-hydrogen) atoms. The molecule has 1 amide bonds. The topological polar surface area (TPSA) is 47.4 Å². The second kappa shape index (κ2) is 6.40. The van der Waals surface area contributed by atoms with Crippen LogP contribution in [0.15, 0.2) is 42.7 Å². The smallest absolute Gasteiger partial charge is 0.228 e. The normalized spacial score (nSPS) is 26.9. The molecule has 3 atom stereocenters. The van der Waals surface area contributed by atoms with E-state index in [2.05, 4.69) is 12.0 Å². The third-order valence-electron chi connectivity index (χ3n) is 5.20. The maximum absolute atomic E-state index is 12.9. The maximum Gasteiger partial charge on any atom is 0.228 e.